The van der Waals surface area contributed by atoms with Gasteiger partial charge in [0, 0.05) is 0 Å². The van der Waals surface area contributed by atoms with Crippen LogP contribution in [0.25, 0.3) is 0 Å². The van der Waals surface area contributed by atoms with Crippen LogP contribution in [0.2, 0.25) is 5.02 Å². The van der Waals surface area contributed by atoms with Crippen molar-refractivity contribution in [2.24, 2.45) is 5.73 Å². The van der Waals surface area contributed by atoms with Gasteiger partial charge in [-0.1, -0.05) is 17.7 Å². The molecule has 1 aromatic carbocycles. The molecule has 0 radical (unpaired) electrons. The zero-order valence-corrected chi connectivity index (χ0v) is 11.6. The largest absolute Gasteiger partial charge is 0.455 e. The molecule has 6 heteroatoms. The zero-order chi connectivity index (χ0) is 13.1. The molecule has 1 amide bonds. The lowest BCUT2D eigenvalue weighted by Gasteiger charge is -2.06. The molecule has 2 rings (SSSR count). The lowest BCUT2D eigenvalue weighted by Crippen LogP contribution is -2.11. The predicted octanol–water partition coefficient (Wildman–Crippen LogP) is 3.41. The molecule has 0 bridgehead atoms. The SMILES string of the molecule is NCc1ccc(C(=O)Nc2cccc(Cl)c2Br)o1. The first-order chi connectivity index (χ1) is 8.61. The molecule has 0 saturated heterocycles. The van der Waals surface area contributed by atoms with Gasteiger partial charge in [0.2, 0.25) is 0 Å². The number of benzene rings is 1. The van der Waals surface area contributed by atoms with Gasteiger partial charge in [-0.25, -0.2) is 0 Å². The fraction of sp³-hybridized carbons (Fsp3) is 0.0833. The van der Waals surface area contributed by atoms with Crippen LogP contribution in [0, 0.1) is 0 Å². The summed E-state index contributed by atoms with van der Waals surface area (Å²) in [5.41, 5.74) is 5.99. The number of carbonyl (C=O) groups is 1. The number of rotatable bonds is 3. The standard InChI is InChI=1S/C12H10BrClN2O2/c13-11-8(14)2-1-3-9(11)16-12(17)10-5-4-7(6-15)18-10/h1-5H,6,15H2,(H,16,17). The van der Waals surface area contributed by atoms with E-state index in [1.165, 1.54) is 0 Å². The second-order valence-electron chi connectivity index (χ2n) is 3.53. The number of nitrogens with one attached hydrogen (secondary N) is 1. The van der Waals surface area contributed by atoms with Gasteiger partial charge in [-0.05, 0) is 40.2 Å². The average Bonchev–Trinajstić information content (AvgIpc) is 2.83. The second-order valence-corrected chi connectivity index (χ2v) is 4.73. The molecule has 18 heavy (non-hydrogen) atoms. The maximum atomic E-state index is 11.9. The summed E-state index contributed by atoms with van der Waals surface area (Å²) in [5.74, 6) is 0.422. The van der Waals surface area contributed by atoms with Gasteiger partial charge in [0.15, 0.2) is 5.76 Å². The molecule has 0 saturated carbocycles. The van der Waals surface area contributed by atoms with Crippen LogP contribution >= 0.6 is 27.5 Å². The van der Waals surface area contributed by atoms with Gasteiger partial charge < -0.3 is 15.5 Å². The molecule has 94 valence electrons. The van der Waals surface area contributed by atoms with Crippen LogP contribution in [-0.2, 0) is 6.54 Å². The van der Waals surface area contributed by atoms with Gasteiger partial charge in [0.1, 0.15) is 5.76 Å². The van der Waals surface area contributed by atoms with Crippen molar-refractivity contribution in [3.05, 3.63) is 51.3 Å². The Balaban J connectivity index is 2.18. The average molecular weight is 330 g/mol. The van der Waals surface area contributed by atoms with E-state index >= 15 is 0 Å². The number of hydrogen-bond acceptors (Lipinski definition) is 3. The molecule has 4 nitrogen and oxygen atoms in total. The van der Waals surface area contributed by atoms with Crippen molar-refractivity contribution in [3.8, 4) is 0 Å². The van der Waals surface area contributed by atoms with Crippen molar-refractivity contribution in [1.29, 1.82) is 0 Å². The molecule has 0 unspecified atom stereocenters. The van der Waals surface area contributed by atoms with Gasteiger partial charge in [0.05, 0.1) is 21.7 Å². The highest BCUT2D eigenvalue weighted by molar-refractivity contribution is 9.10. The molecule has 0 aliphatic carbocycles. The number of halogens is 2. The van der Waals surface area contributed by atoms with Gasteiger partial charge in [-0.2, -0.15) is 0 Å². The zero-order valence-electron chi connectivity index (χ0n) is 9.24. The fourth-order valence-corrected chi connectivity index (χ4v) is 1.93. The third kappa shape index (κ3) is 2.75. The maximum Gasteiger partial charge on any atom is 0.291 e. The summed E-state index contributed by atoms with van der Waals surface area (Å²) >= 11 is 9.23. The molecule has 0 fully saturated rings. The summed E-state index contributed by atoms with van der Waals surface area (Å²) in [7, 11) is 0. The first-order valence-corrected chi connectivity index (χ1v) is 6.33. The van der Waals surface area contributed by atoms with E-state index in [4.69, 9.17) is 21.8 Å². The first kappa shape index (κ1) is 13.1. The highest BCUT2D eigenvalue weighted by Gasteiger charge is 2.13. The summed E-state index contributed by atoms with van der Waals surface area (Å²) < 4.78 is 5.88. The number of hydrogen-bond donors (Lipinski definition) is 2. The minimum atomic E-state index is -0.349. The maximum absolute atomic E-state index is 11.9. The van der Waals surface area contributed by atoms with Crippen LogP contribution in [0.4, 0.5) is 5.69 Å². The number of amides is 1. The highest BCUT2D eigenvalue weighted by atomic mass is 79.9. The normalized spacial score (nSPS) is 10.4. The Labute approximate surface area is 117 Å². The van der Waals surface area contributed by atoms with E-state index in [0.717, 1.165) is 0 Å². The Morgan fingerprint density at radius 3 is 2.83 bits per heavy atom. The molecule has 0 spiro atoms. The Morgan fingerprint density at radius 2 is 2.17 bits per heavy atom. The van der Waals surface area contributed by atoms with Crippen molar-refractivity contribution < 1.29 is 9.21 Å². The van der Waals surface area contributed by atoms with Crippen molar-refractivity contribution in [3.63, 3.8) is 0 Å². The molecule has 3 N–H and O–H groups in total. The van der Waals surface area contributed by atoms with E-state index in [-0.39, 0.29) is 18.2 Å². The van der Waals surface area contributed by atoms with E-state index in [0.29, 0.717) is 20.9 Å². The summed E-state index contributed by atoms with van der Waals surface area (Å²) in [6.45, 7) is 0.258. The molecular formula is C12H10BrClN2O2. The fourth-order valence-electron chi connectivity index (χ4n) is 1.39. The summed E-state index contributed by atoms with van der Waals surface area (Å²) in [6.07, 6.45) is 0. The van der Waals surface area contributed by atoms with Gasteiger partial charge in [-0.3, -0.25) is 4.79 Å². The van der Waals surface area contributed by atoms with Crippen LogP contribution in [0.5, 0.6) is 0 Å². The third-order valence-electron chi connectivity index (χ3n) is 2.29. The van der Waals surface area contributed by atoms with Crippen molar-refractivity contribution in [2.45, 2.75) is 6.54 Å². The van der Waals surface area contributed by atoms with E-state index in [1.54, 1.807) is 30.3 Å². The monoisotopic (exact) mass is 328 g/mol. The Kier molecular flexibility index (Phi) is 4.06. The topological polar surface area (TPSA) is 68.3 Å². The number of nitrogens with two attached hydrogens (primary N) is 1. The Hall–Kier alpha value is -1.30. The molecule has 2 aromatic rings. The third-order valence-corrected chi connectivity index (χ3v) is 3.68. The molecular weight excluding hydrogens is 320 g/mol. The van der Waals surface area contributed by atoms with Crippen LogP contribution in [0.3, 0.4) is 0 Å². The summed E-state index contributed by atoms with van der Waals surface area (Å²) in [4.78, 5) is 11.9. The Morgan fingerprint density at radius 1 is 1.39 bits per heavy atom. The van der Waals surface area contributed by atoms with E-state index < -0.39 is 0 Å². The predicted molar refractivity (Wildman–Crippen MR) is 73.7 cm³/mol. The van der Waals surface area contributed by atoms with E-state index in [9.17, 15) is 4.79 Å². The number of carbonyl (C=O) groups excluding carboxylic acids is 1. The molecule has 0 aliphatic heterocycles. The minimum Gasteiger partial charge on any atom is -0.455 e. The highest BCUT2D eigenvalue weighted by Crippen LogP contribution is 2.30. The molecule has 0 atom stereocenters. The number of furan rings is 1. The van der Waals surface area contributed by atoms with E-state index in [2.05, 4.69) is 21.2 Å². The minimum absolute atomic E-state index is 0.210. The second kappa shape index (κ2) is 5.56. The molecule has 1 aromatic heterocycles. The van der Waals surface area contributed by atoms with Crippen molar-refractivity contribution in [2.75, 3.05) is 5.32 Å². The van der Waals surface area contributed by atoms with Crippen LogP contribution in [-0.4, -0.2) is 5.91 Å². The smallest absolute Gasteiger partial charge is 0.291 e. The molecule has 0 aliphatic rings. The Bertz CT molecular complexity index is 583. The molecule has 1 heterocycles. The van der Waals surface area contributed by atoms with Gasteiger partial charge in [0.25, 0.3) is 5.91 Å². The lowest BCUT2D eigenvalue weighted by atomic mass is 10.3. The van der Waals surface area contributed by atoms with Crippen LogP contribution < -0.4 is 11.1 Å². The first-order valence-electron chi connectivity index (χ1n) is 5.16. The van der Waals surface area contributed by atoms with Crippen molar-refractivity contribution in [1.82, 2.24) is 0 Å². The van der Waals surface area contributed by atoms with Crippen molar-refractivity contribution >= 4 is 39.1 Å². The quantitative estimate of drug-likeness (QED) is 0.906. The van der Waals surface area contributed by atoms with Gasteiger partial charge in [-0.15, -0.1) is 0 Å². The lowest BCUT2D eigenvalue weighted by molar-refractivity contribution is 0.0995. The summed E-state index contributed by atoms with van der Waals surface area (Å²) in [5, 5.41) is 3.22. The van der Waals surface area contributed by atoms with E-state index in [1.807, 2.05) is 0 Å². The van der Waals surface area contributed by atoms with Crippen LogP contribution in [0.15, 0.2) is 39.2 Å². The number of anilines is 1. The van der Waals surface area contributed by atoms with Gasteiger partial charge >= 0.3 is 0 Å². The summed E-state index contributed by atoms with van der Waals surface area (Å²) in [6, 6.07) is 8.45. The van der Waals surface area contributed by atoms with Crippen LogP contribution in [0.1, 0.15) is 16.3 Å².